The molecule has 0 aliphatic carbocycles. The molecule has 2 amide bonds. The van der Waals surface area contributed by atoms with Gasteiger partial charge in [0.1, 0.15) is 6.04 Å². The number of fused-ring (bicyclic) bond motifs is 1. The summed E-state index contributed by atoms with van der Waals surface area (Å²) in [5.74, 6) is -0.803. The largest absolute Gasteiger partial charge is 0.454 e. The molecule has 0 bridgehead atoms. The summed E-state index contributed by atoms with van der Waals surface area (Å²) >= 11 is 7.38. The number of esters is 1. The van der Waals surface area contributed by atoms with Gasteiger partial charge in [0.15, 0.2) is 6.61 Å². The van der Waals surface area contributed by atoms with Gasteiger partial charge in [-0.2, -0.15) is 11.8 Å². The normalized spacial score (nSPS) is 13.9. The summed E-state index contributed by atoms with van der Waals surface area (Å²) in [6.45, 7) is -0.279. The van der Waals surface area contributed by atoms with Crippen LogP contribution >= 0.6 is 23.4 Å². The van der Waals surface area contributed by atoms with Crippen LogP contribution in [0, 0.1) is 0 Å². The highest BCUT2D eigenvalue weighted by Gasteiger charge is 2.43. The molecule has 0 N–H and O–H groups in total. The maximum Gasteiger partial charge on any atom is 0.329 e. The van der Waals surface area contributed by atoms with Crippen LogP contribution in [0.1, 0.15) is 33.0 Å². The third-order valence-corrected chi connectivity index (χ3v) is 5.80. The smallest absolute Gasteiger partial charge is 0.329 e. The van der Waals surface area contributed by atoms with E-state index in [1.807, 2.05) is 6.26 Å². The number of nitrogens with zero attached hydrogens (tertiary/aromatic N) is 3. The number of thioether (sulfide) groups is 1. The molecule has 1 aromatic heterocycles. The minimum absolute atomic E-state index is 0.0919. The number of hydrogen-bond donors (Lipinski definition) is 0. The van der Waals surface area contributed by atoms with E-state index in [4.69, 9.17) is 20.8 Å². The predicted octanol–water partition coefficient (Wildman–Crippen LogP) is 3.85. The van der Waals surface area contributed by atoms with E-state index < -0.39 is 23.8 Å². The van der Waals surface area contributed by atoms with Gasteiger partial charge in [0.25, 0.3) is 17.7 Å². The van der Waals surface area contributed by atoms with Gasteiger partial charge in [0, 0.05) is 10.6 Å². The Morgan fingerprint density at radius 3 is 2.38 bits per heavy atom. The van der Waals surface area contributed by atoms with Crippen molar-refractivity contribution >= 4 is 41.1 Å². The Hall–Kier alpha value is -3.17. The van der Waals surface area contributed by atoms with E-state index in [2.05, 4.69) is 10.2 Å². The van der Waals surface area contributed by atoms with Gasteiger partial charge in [0.05, 0.1) is 11.1 Å². The Labute approximate surface area is 192 Å². The van der Waals surface area contributed by atoms with Crippen molar-refractivity contribution in [2.24, 2.45) is 0 Å². The zero-order chi connectivity index (χ0) is 22.7. The van der Waals surface area contributed by atoms with Crippen LogP contribution in [-0.4, -0.2) is 50.9 Å². The van der Waals surface area contributed by atoms with Crippen LogP contribution in [0.3, 0.4) is 0 Å². The molecule has 4 rings (SSSR count). The molecule has 8 nitrogen and oxygen atoms in total. The quantitative estimate of drug-likeness (QED) is 0.360. The lowest BCUT2D eigenvalue weighted by Crippen LogP contribution is -2.46. The average molecular weight is 472 g/mol. The molecular formula is C22H18ClN3O5S. The van der Waals surface area contributed by atoms with Crippen molar-refractivity contribution in [3.63, 3.8) is 0 Å². The number of imide groups is 1. The number of halogens is 1. The van der Waals surface area contributed by atoms with Crippen LogP contribution in [0.4, 0.5) is 0 Å². The van der Waals surface area contributed by atoms with E-state index in [9.17, 15) is 14.4 Å². The molecule has 1 unspecified atom stereocenters. The zero-order valence-corrected chi connectivity index (χ0v) is 18.6. The van der Waals surface area contributed by atoms with Crippen LogP contribution in [0.25, 0.3) is 11.5 Å². The number of ether oxygens (including phenoxy) is 1. The van der Waals surface area contributed by atoms with Gasteiger partial charge in [-0.1, -0.05) is 23.7 Å². The van der Waals surface area contributed by atoms with Gasteiger partial charge >= 0.3 is 5.97 Å². The van der Waals surface area contributed by atoms with Gasteiger partial charge in [-0.25, -0.2) is 4.79 Å². The van der Waals surface area contributed by atoms with Crippen molar-refractivity contribution in [1.29, 1.82) is 0 Å². The first kappa shape index (κ1) is 22.0. The number of carbonyl (C=O) groups is 3. The first-order valence-corrected chi connectivity index (χ1v) is 11.5. The third kappa shape index (κ3) is 4.39. The van der Waals surface area contributed by atoms with Gasteiger partial charge in [0.2, 0.25) is 5.89 Å². The average Bonchev–Trinajstić information content (AvgIpc) is 3.37. The molecule has 1 aliphatic rings. The van der Waals surface area contributed by atoms with Crippen LogP contribution in [0.15, 0.2) is 52.9 Å². The zero-order valence-electron chi connectivity index (χ0n) is 17.0. The van der Waals surface area contributed by atoms with Gasteiger partial charge in [-0.3, -0.25) is 14.5 Å². The molecular weight excluding hydrogens is 454 g/mol. The fourth-order valence-electron chi connectivity index (χ4n) is 3.32. The Balaban J connectivity index is 1.47. The summed E-state index contributed by atoms with van der Waals surface area (Å²) in [6.07, 6.45) is 2.15. The van der Waals surface area contributed by atoms with Gasteiger partial charge < -0.3 is 9.15 Å². The molecule has 0 saturated heterocycles. The summed E-state index contributed by atoms with van der Waals surface area (Å²) in [7, 11) is 0. The topological polar surface area (TPSA) is 103 Å². The van der Waals surface area contributed by atoms with Crippen molar-refractivity contribution in [3.05, 3.63) is 70.6 Å². The van der Waals surface area contributed by atoms with Crippen LogP contribution in [-0.2, 0) is 16.1 Å². The van der Waals surface area contributed by atoms with Crippen molar-refractivity contribution in [2.45, 2.75) is 19.1 Å². The minimum atomic E-state index is -1.05. The van der Waals surface area contributed by atoms with Crippen molar-refractivity contribution in [3.8, 4) is 11.5 Å². The van der Waals surface area contributed by atoms with E-state index in [0.717, 1.165) is 4.90 Å². The standard InChI is InChI=1S/C22H18ClN3O5S/c1-32-11-10-17(26-20(27)15-4-2-3-5-16(15)21(26)28)22(29)30-12-18-24-25-19(31-18)13-6-8-14(23)9-7-13/h2-9,17H,10-12H2,1H3. The van der Waals surface area contributed by atoms with Crippen LogP contribution in [0.2, 0.25) is 5.02 Å². The number of aromatic nitrogens is 2. The molecule has 0 radical (unpaired) electrons. The summed E-state index contributed by atoms with van der Waals surface area (Å²) in [6, 6.07) is 12.3. The third-order valence-electron chi connectivity index (χ3n) is 4.90. The van der Waals surface area contributed by atoms with Crippen LogP contribution < -0.4 is 0 Å². The predicted molar refractivity (Wildman–Crippen MR) is 118 cm³/mol. The molecule has 0 saturated carbocycles. The molecule has 2 heterocycles. The summed E-state index contributed by atoms with van der Waals surface area (Å²) in [4.78, 5) is 39.5. The van der Waals surface area contributed by atoms with E-state index in [1.165, 1.54) is 11.8 Å². The second kappa shape index (κ2) is 9.54. The molecule has 3 aromatic rings. The van der Waals surface area contributed by atoms with Gasteiger partial charge in [-0.05, 0) is 54.8 Å². The first-order chi connectivity index (χ1) is 15.5. The van der Waals surface area contributed by atoms with E-state index in [1.54, 1.807) is 48.5 Å². The van der Waals surface area contributed by atoms with E-state index in [-0.39, 0.29) is 35.9 Å². The number of hydrogen-bond acceptors (Lipinski definition) is 8. The molecule has 0 spiro atoms. The Kier molecular flexibility index (Phi) is 6.57. The SMILES string of the molecule is CSCCC(C(=O)OCc1nnc(-c2ccc(Cl)cc2)o1)N1C(=O)c2ccccc2C1=O. The number of carbonyl (C=O) groups excluding carboxylic acids is 3. The number of rotatable bonds is 8. The lowest BCUT2D eigenvalue weighted by molar-refractivity contribution is -0.150. The fourth-order valence-corrected chi connectivity index (χ4v) is 3.91. The summed E-state index contributed by atoms with van der Waals surface area (Å²) in [5, 5.41) is 8.41. The maximum atomic E-state index is 12.9. The molecule has 0 fully saturated rings. The van der Waals surface area contributed by atoms with E-state index >= 15 is 0 Å². The van der Waals surface area contributed by atoms with Crippen LogP contribution in [0.5, 0.6) is 0 Å². The highest BCUT2D eigenvalue weighted by molar-refractivity contribution is 7.98. The summed E-state index contributed by atoms with van der Waals surface area (Å²) in [5.41, 5.74) is 1.23. The molecule has 164 valence electrons. The molecule has 1 aliphatic heterocycles. The first-order valence-electron chi connectivity index (χ1n) is 9.70. The number of amides is 2. The Morgan fingerprint density at radius 1 is 1.09 bits per heavy atom. The highest BCUT2D eigenvalue weighted by Crippen LogP contribution is 2.27. The second-order valence-electron chi connectivity index (χ2n) is 6.94. The Bertz CT molecular complexity index is 1130. The highest BCUT2D eigenvalue weighted by atomic mass is 35.5. The summed E-state index contributed by atoms with van der Waals surface area (Å²) < 4.78 is 10.9. The maximum absolute atomic E-state index is 12.9. The van der Waals surface area contributed by atoms with Crippen molar-refractivity contribution < 1.29 is 23.5 Å². The molecule has 32 heavy (non-hydrogen) atoms. The minimum Gasteiger partial charge on any atom is -0.454 e. The lowest BCUT2D eigenvalue weighted by atomic mass is 10.1. The molecule has 2 aromatic carbocycles. The monoisotopic (exact) mass is 471 g/mol. The number of benzene rings is 2. The lowest BCUT2D eigenvalue weighted by Gasteiger charge is -2.24. The second-order valence-corrected chi connectivity index (χ2v) is 8.36. The molecule has 1 atom stereocenters. The Morgan fingerprint density at radius 2 is 1.75 bits per heavy atom. The molecule has 10 heteroatoms. The van der Waals surface area contributed by atoms with Crippen molar-refractivity contribution in [1.82, 2.24) is 15.1 Å². The van der Waals surface area contributed by atoms with Gasteiger partial charge in [-0.15, -0.1) is 10.2 Å². The fraction of sp³-hybridized carbons (Fsp3) is 0.227. The van der Waals surface area contributed by atoms with E-state index in [0.29, 0.717) is 16.3 Å². The van der Waals surface area contributed by atoms with Crippen molar-refractivity contribution in [2.75, 3.05) is 12.0 Å².